The molecule has 3 aromatic rings. The summed E-state index contributed by atoms with van der Waals surface area (Å²) in [7, 11) is 0. The minimum Gasteiger partial charge on any atom is -0.460 e. The van der Waals surface area contributed by atoms with Crippen LogP contribution in [0.1, 0.15) is 22.3 Å². The molecule has 0 radical (unpaired) electrons. The van der Waals surface area contributed by atoms with Crippen LogP contribution in [0.3, 0.4) is 0 Å². The minimum absolute atomic E-state index is 0.255. The van der Waals surface area contributed by atoms with Gasteiger partial charge in [-0.15, -0.1) is 0 Å². The maximum atomic E-state index is 12.3. The standard InChI is InChI=1S/C22H23NO2/c1-15-10-16(2)12-17(11-15)14-25-22(24)21(23)13-19-8-5-7-18-6-3-4-9-20(18)19/h3-12,21H,13-14,23H2,1-2H3. The zero-order valence-corrected chi connectivity index (χ0v) is 14.7. The van der Waals surface area contributed by atoms with Crippen LogP contribution in [0.4, 0.5) is 0 Å². The number of rotatable bonds is 5. The summed E-state index contributed by atoms with van der Waals surface area (Å²) in [6.07, 6.45) is 0.465. The Kier molecular flexibility index (Phi) is 5.15. The van der Waals surface area contributed by atoms with Crippen LogP contribution in [0.5, 0.6) is 0 Å². The highest BCUT2D eigenvalue weighted by atomic mass is 16.5. The largest absolute Gasteiger partial charge is 0.460 e. The fraction of sp³-hybridized carbons (Fsp3) is 0.227. The van der Waals surface area contributed by atoms with Crippen molar-refractivity contribution in [3.63, 3.8) is 0 Å². The topological polar surface area (TPSA) is 52.3 Å². The summed E-state index contributed by atoms with van der Waals surface area (Å²) in [6.45, 7) is 4.32. The van der Waals surface area contributed by atoms with E-state index in [0.717, 1.165) is 33.0 Å². The molecule has 3 heteroatoms. The van der Waals surface area contributed by atoms with Crippen LogP contribution in [0.25, 0.3) is 10.8 Å². The summed E-state index contributed by atoms with van der Waals surface area (Å²) in [5.74, 6) is -0.368. The molecule has 0 spiro atoms. The summed E-state index contributed by atoms with van der Waals surface area (Å²) >= 11 is 0. The van der Waals surface area contributed by atoms with Crippen molar-refractivity contribution >= 4 is 16.7 Å². The van der Waals surface area contributed by atoms with E-state index in [1.807, 2.05) is 50.2 Å². The van der Waals surface area contributed by atoms with Crippen molar-refractivity contribution in [2.24, 2.45) is 5.73 Å². The fourth-order valence-corrected chi connectivity index (χ4v) is 3.20. The second-order valence-corrected chi connectivity index (χ2v) is 6.55. The van der Waals surface area contributed by atoms with Crippen LogP contribution in [0, 0.1) is 13.8 Å². The summed E-state index contributed by atoms with van der Waals surface area (Å²) in [5, 5.41) is 2.28. The molecule has 0 aliphatic heterocycles. The molecule has 3 rings (SSSR count). The summed E-state index contributed by atoms with van der Waals surface area (Å²) < 4.78 is 5.42. The lowest BCUT2D eigenvalue weighted by atomic mass is 9.99. The Labute approximate surface area is 148 Å². The van der Waals surface area contributed by atoms with Gasteiger partial charge < -0.3 is 10.5 Å². The Balaban J connectivity index is 1.66. The Morgan fingerprint density at radius 3 is 2.44 bits per heavy atom. The summed E-state index contributed by atoms with van der Waals surface area (Å²) in [5.41, 5.74) is 10.5. The van der Waals surface area contributed by atoms with E-state index in [-0.39, 0.29) is 12.6 Å². The number of ether oxygens (including phenoxy) is 1. The number of benzene rings is 3. The molecule has 25 heavy (non-hydrogen) atoms. The molecule has 0 heterocycles. The maximum absolute atomic E-state index is 12.3. The van der Waals surface area contributed by atoms with Gasteiger partial charge in [-0.2, -0.15) is 0 Å². The van der Waals surface area contributed by atoms with Crippen molar-refractivity contribution in [1.82, 2.24) is 0 Å². The van der Waals surface area contributed by atoms with Crippen molar-refractivity contribution in [2.45, 2.75) is 32.9 Å². The third-order valence-corrected chi connectivity index (χ3v) is 4.29. The van der Waals surface area contributed by atoms with Crippen LogP contribution in [0.15, 0.2) is 60.7 Å². The SMILES string of the molecule is Cc1cc(C)cc(COC(=O)C(N)Cc2cccc3ccccc23)c1. The van der Waals surface area contributed by atoms with E-state index in [1.165, 1.54) is 0 Å². The van der Waals surface area contributed by atoms with Gasteiger partial charge in [0.15, 0.2) is 0 Å². The highest BCUT2D eigenvalue weighted by molar-refractivity contribution is 5.86. The quantitative estimate of drug-likeness (QED) is 0.716. The van der Waals surface area contributed by atoms with E-state index in [4.69, 9.17) is 10.5 Å². The van der Waals surface area contributed by atoms with E-state index < -0.39 is 6.04 Å². The van der Waals surface area contributed by atoms with Crippen molar-refractivity contribution in [3.05, 3.63) is 82.9 Å². The van der Waals surface area contributed by atoms with Gasteiger partial charge in [-0.1, -0.05) is 71.8 Å². The van der Waals surface area contributed by atoms with Gasteiger partial charge in [-0.3, -0.25) is 4.79 Å². The molecule has 3 nitrogen and oxygen atoms in total. The number of nitrogens with two attached hydrogens (primary N) is 1. The third kappa shape index (κ3) is 4.25. The van der Waals surface area contributed by atoms with E-state index >= 15 is 0 Å². The molecule has 0 aliphatic carbocycles. The van der Waals surface area contributed by atoms with Gasteiger partial charge in [0.25, 0.3) is 0 Å². The molecule has 1 unspecified atom stereocenters. The monoisotopic (exact) mass is 333 g/mol. The number of hydrogen-bond donors (Lipinski definition) is 1. The number of aryl methyl sites for hydroxylation is 2. The first-order valence-corrected chi connectivity index (χ1v) is 8.49. The Morgan fingerprint density at radius 1 is 1.00 bits per heavy atom. The second kappa shape index (κ2) is 7.49. The predicted molar refractivity (Wildman–Crippen MR) is 101 cm³/mol. The molecule has 3 aromatic carbocycles. The molecule has 0 aliphatic rings. The van der Waals surface area contributed by atoms with Crippen LogP contribution >= 0.6 is 0 Å². The molecule has 0 saturated carbocycles. The molecule has 2 N–H and O–H groups in total. The number of fused-ring (bicyclic) bond motifs is 1. The molecular formula is C22H23NO2. The van der Waals surface area contributed by atoms with Crippen LogP contribution < -0.4 is 5.73 Å². The predicted octanol–water partition coefficient (Wildman–Crippen LogP) is 4.07. The van der Waals surface area contributed by atoms with Crippen molar-refractivity contribution in [2.75, 3.05) is 0 Å². The zero-order valence-electron chi connectivity index (χ0n) is 14.7. The van der Waals surface area contributed by atoms with Crippen LogP contribution in [0.2, 0.25) is 0 Å². The Hall–Kier alpha value is -2.65. The first-order valence-electron chi connectivity index (χ1n) is 8.49. The van der Waals surface area contributed by atoms with Crippen molar-refractivity contribution in [1.29, 1.82) is 0 Å². The van der Waals surface area contributed by atoms with E-state index in [1.54, 1.807) is 0 Å². The van der Waals surface area contributed by atoms with Gasteiger partial charge in [0.05, 0.1) is 0 Å². The first kappa shape index (κ1) is 17.2. The van der Waals surface area contributed by atoms with Gasteiger partial charge in [-0.05, 0) is 42.2 Å². The molecule has 1 atom stereocenters. The Bertz CT molecular complexity index is 876. The molecule has 0 saturated heterocycles. The number of carbonyl (C=O) groups excluding carboxylic acids is 1. The number of esters is 1. The molecule has 0 amide bonds. The smallest absolute Gasteiger partial charge is 0.323 e. The van der Waals surface area contributed by atoms with Crippen molar-refractivity contribution in [3.8, 4) is 0 Å². The van der Waals surface area contributed by atoms with E-state index in [0.29, 0.717) is 6.42 Å². The summed E-state index contributed by atoms with van der Waals surface area (Å²) in [6, 6.07) is 19.6. The maximum Gasteiger partial charge on any atom is 0.323 e. The number of carbonyl (C=O) groups is 1. The van der Waals surface area contributed by atoms with E-state index in [2.05, 4.69) is 24.3 Å². The second-order valence-electron chi connectivity index (χ2n) is 6.55. The van der Waals surface area contributed by atoms with Crippen LogP contribution in [-0.2, 0) is 22.6 Å². The average Bonchev–Trinajstić information content (AvgIpc) is 2.59. The lowest BCUT2D eigenvalue weighted by Crippen LogP contribution is -2.34. The van der Waals surface area contributed by atoms with Gasteiger partial charge in [-0.25, -0.2) is 0 Å². The third-order valence-electron chi connectivity index (χ3n) is 4.29. The molecule has 0 aromatic heterocycles. The van der Waals surface area contributed by atoms with Gasteiger partial charge in [0, 0.05) is 0 Å². The summed E-state index contributed by atoms with van der Waals surface area (Å²) in [4.78, 5) is 12.3. The van der Waals surface area contributed by atoms with Crippen molar-refractivity contribution < 1.29 is 9.53 Å². The van der Waals surface area contributed by atoms with E-state index in [9.17, 15) is 4.79 Å². The highest BCUT2D eigenvalue weighted by Crippen LogP contribution is 2.20. The zero-order chi connectivity index (χ0) is 17.8. The average molecular weight is 333 g/mol. The Morgan fingerprint density at radius 2 is 1.68 bits per heavy atom. The minimum atomic E-state index is -0.670. The molecule has 0 fully saturated rings. The van der Waals surface area contributed by atoms with Gasteiger partial charge in [0.2, 0.25) is 0 Å². The molecule has 0 bridgehead atoms. The number of hydrogen-bond acceptors (Lipinski definition) is 3. The first-order chi connectivity index (χ1) is 12.0. The van der Waals surface area contributed by atoms with Crippen LogP contribution in [-0.4, -0.2) is 12.0 Å². The highest BCUT2D eigenvalue weighted by Gasteiger charge is 2.17. The molecular weight excluding hydrogens is 310 g/mol. The lowest BCUT2D eigenvalue weighted by molar-refractivity contribution is -0.146. The normalized spacial score (nSPS) is 12.1. The van der Waals surface area contributed by atoms with Gasteiger partial charge >= 0.3 is 5.97 Å². The lowest BCUT2D eigenvalue weighted by Gasteiger charge is -2.14. The molecule has 128 valence electrons. The van der Waals surface area contributed by atoms with Gasteiger partial charge in [0.1, 0.15) is 12.6 Å². The fourth-order valence-electron chi connectivity index (χ4n) is 3.20.